The molecule has 0 fully saturated rings. The average Bonchev–Trinajstić information content (AvgIpc) is 3.10. The number of rotatable bonds is 5. The lowest BCUT2D eigenvalue weighted by Gasteiger charge is -2.31. The fourth-order valence-electron chi connectivity index (χ4n) is 3.67. The highest BCUT2D eigenvalue weighted by atomic mass is 32.1. The number of benzene rings is 1. The van der Waals surface area contributed by atoms with Crippen LogP contribution in [0.2, 0.25) is 0 Å². The van der Waals surface area contributed by atoms with Crippen LogP contribution in [0.15, 0.2) is 30.4 Å². The molecule has 1 heterocycles. The number of carbonyl (C=O) groups excluding carboxylic acids is 2. The molecule has 2 aromatic rings. The molecule has 0 radical (unpaired) electrons. The lowest BCUT2D eigenvalue weighted by Crippen LogP contribution is -2.33. The molecule has 1 aliphatic rings. The van der Waals surface area contributed by atoms with Crippen LogP contribution in [-0.4, -0.2) is 40.2 Å². The number of hydrogen-bond acceptors (Lipinski definition) is 7. The third-order valence-electron chi connectivity index (χ3n) is 4.93. The molecule has 0 saturated heterocycles. The number of ether oxygens (including phenoxy) is 4. The molecule has 0 spiro atoms. The molecule has 1 aromatic heterocycles. The van der Waals surface area contributed by atoms with E-state index >= 15 is 0 Å². The van der Waals surface area contributed by atoms with Crippen LogP contribution < -0.4 is 14.2 Å². The SMILES string of the molecule is C=C1C(=O)c2sc(C)cc2[C@@H](c2cc(OC)c(OC)c(OC)c2)[C@@H]1C(=O)OC. The van der Waals surface area contributed by atoms with Crippen molar-refractivity contribution in [1.29, 1.82) is 0 Å². The van der Waals surface area contributed by atoms with Crippen LogP contribution in [0, 0.1) is 12.8 Å². The molecule has 6 nitrogen and oxygen atoms in total. The van der Waals surface area contributed by atoms with E-state index in [9.17, 15) is 9.59 Å². The standard InChI is InChI=1S/C21H22O6S/c1-10-7-13-17(12-8-14(24-3)19(26-5)15(9-12)25-4)16(21(23)27-6)11(2)18(22)20(13)28-10/h7-9,16-17H,2H2,1,3-6H3/t16-,17-/m1/s1. The van der Waals surface area contributed by atoms with Gasteiger partial charge in [-0.1, -0.05) is 6.58 Å². The Labute approximate surface area is 167 Å². The summed E-state index contributed by atoms with van der Waals surface area (Å²) >= 11 is 1.40. The molecule has 3 rings (SSSR count). The van der Waals surface area contributed by atoms with Gasteiger partial charge in [0.1, 0.15) is 0 Å². The minimum Gasteiger partial charge on any atom is -0.493 e. The van der Waals surface area contributed by atoms with E-state index in [0.29, 0.717) is 22.1 Å². The molecule has 1 aliphatic carbocycles. The Morgan fingerprint density at radius 3 is 2.14 bits per heavy atom. The van der Waals surface area contributed by atoms with Crippen LogP contribution in [0.25, 0.3) is 0 Å². The molecule has 1 aromatic carbocycles. The van der Waals surface area contributed by atoms with Crippen LogP contribution in [0.3, 0.4) is 0 Å². The number of thiophene rings is 1. The minimum atomic E-state index is -0.832. The van der Waals surface area contributed by atoms with E-state index < -0.39 is 17.8 Å². The van der Waals surface area contributed by atoms with E-state index in [1.165, 1.54) is 39.8 Å². The van der Waals surface area contributed by atoms with Gasteiger partial charge in [-0.05, 0) is 36.2 Å². The van der Waals surface area contributed by atoms with Crippen molar-refractivity contribution in [1.82, 2.24) is 0 Å². The number of aryl methyl sites for hydroxylation is 1. The van der Waals surface area contributed by atoms with Crippen LogP contribution in [0.5, 0.6) is 17.2 Å². The topological polar surface area (TPSA) is 71.1 Å². The van der Waals surface area contributed by atoms with Gasteiger partial charge in [0.25, 0.3) is 0 Å². The lowest BCUT2D eigenvalue weighted by atomic mass is 9.71. The monoisotopic (exact) mass is 402 g/mol. The minimum absolute atomic E-state index is 0.216. The quantitative estimate of drug-likeness (QED) is 0.560. The molecule has 7 heteroatoms. The maximum absolute atomic E-state index is 12.8. The second-order valence-electron chi connectivity index (χ2n) is 6.43. The summed E-state index contributed by atoms with van der Waals surface area (Å²) < 4.78 is 21.3. The van der Waals surface area contributed by atoms with Crippen LogP contribution >= 0.6 is 11.3 Å². The first-order chi connectivity index (χ1) is 13.4. The highest BCUT2D eigenvalue weighted by molar-refractivity contribution is 7.14. The smallest absolute Gasteiger partial charge is 0.314 e. The van der Waals surface area contributed by atoms with Gasteiger partial charge in [-0.15, -0.1) is 11.3 Å². The van der Waals surface area contributed by atoms with E-state index in [1.54, 1.807) is 12.1 Å². The summed E-state index contributed by atoms with van der Waals surface area (Å²) in [5, 5.41) is 0. The molecule has 2 atom stereocenters. The predicted octanol–water partition coefficient (Wildman–Crippen LogP) is 3.76. The summed E-state index contributed by atoms with van der Waals surface area (Å²) in [4.78, 5) is 27.0. The largest absolute Gasteiger partial charge is 0.493 e. The molecule has 0 saturated carbocycles. The van der Waals surface area contributed by atoms with E-state index in [2.05, 4.69) is 6.58 Å². The van der Waals surface area contributed by atoms with Crippen molar-refractivity contribution in [3.63, 3.8) is 0 Å². The number of esters is 1. The van der Waals surface area contributed by atoms with Crippen LogP contribution in [0.4, 0.5) is 0 Å². The molecule has 0 N–H and O–H groups in total. The Balaban J connectivity index is 2.30. The normalized spacial score (nSPS) is 18.5. The van der Waals surface area contributed by atoms with Gasteiger partial charge in [-0.3, -0.25) is 9.59 Å². The van der Waals surface area contributed by atoms with Crippen molar-refractivity contribution < 1.29 is 28.5 Å². The third kappa shape index (κ3) is 3.05. The van der Waals surface area contributed by atoms with E-state index in [4.69, 9.17) is 18.9 Å². The highest BCUT2D eigenvalue weighted by Gasteiger charge is 2.44. The number of fused-ring (bicyclic) bond motifs is 1. The first-order valence-corrected chi connectivity index (χ1v) is 9.41. The maximum Gasteiger partial charge on any atom is 0.314 e. The zero-order valence-corrected chi connectivity index (χ0v) is 17.3. The molecule has 0 unspecified atom stereocenters. The fourth-order valence-corrected chi connectivity index (χ4v) is 4.70. The van der Waals surface area contributed by atoms with Gasteiger partial charge in [0.15, 0.2) is 17.3 Å². The fraction of sp³-hybridized carbons (Fsp3) is 0.333. The van der Waals surface area contributed by atoms with Gasteiger partial charge in [0, 0.05) is 16.4 Å². The zero-order chi connectivity index (χ0) is 20.6. The number of carbonyl (C=O) groups is 2. The highest BCUT2D eigenvalue weighted by Crippen LogP contribution is 2.49. The Bertz CT molecular complexity index is 933. The first-order valence-electron chi connectivity index (χ1n) is 8.59. The Morgan fingerprint density at radius 2 is 1.64 bits per heavy atom. The Kier molecular flexibility index (Phi) is 5.47. The molecule has 0 aliphatic heterocycles. The van der Waals surface area contributed by atoms with Crippen molar-refractivity contribution in [3.8, 4) is 17.2 Å². The van der Waals surface area contributed by atoms with Gasteiger partial charge in [-0.2, -0.15) is 0 Å². The first kappa shape index (κ1) is 19.9. The molecule has 148 valence electrons. The van der Waals surface area contributed by atoms with Crippen molar-refractivity contribution in [2.24, 2.45) is 5.92 Å². The van der Waals surface area contributed by atoms with Crippen molar-refractivity contribution in [3.05, 3.63) is 51.2 Å². The Hall–Kier alpha value is -2.80. The predicted molar refractivity (Wildman–Crippen MR) is 106 cm³/mol. The summed E-state index contributed by atoms with van der Waals surface area (Å²) in [5.41, 5.74) is 1.75. The van der Waals surface area contributed by atoms with Crippen LogP contribution in [0.1, 0.15) is 31.6 Å². The lowest BCUT2D eigenvalue weighted by molar-refractivity contribution is -0.144. The summed E-state index contributed by atoms with van der Waals surface area (Å²) in [5.74, 6) is -0.615. The maximum atomic E-state index is 12.8. The second kappa shape index (κ2) is 7.67. The number of ketones is 1. The molecular formula is C21H22O6S. The van der Waals surface area contributed by atoms with Crippen LogP contribution in [-0.2, 0) is 9.53 Å². The van der Waals surface area contributed by atoms with E-state index in [1.807, 2.05) is 13.0 Å². The second-order valence-corrected chi connectivity index (χ2v) is 7.69. The van der Waals surface area contributed by atoms with Crippen molar-refractivity contribution in [2.75, 3.05) is 28.4 Å². The summed E-state index contributed by atoms with van der Waals surface area (Å²) in [6, 6.07) is 5.53. The number of hydrogen-bond donors (Lipinski definition) is 0. The van der Waals surface area contributed by atoms with E-state index in [-0.39, 0.29) is 11.4 Å². The number of methoxy groups -OCH3 is 4. The van der Waals surface area contributed by atoms with Gasteiger partial charge < -0.3 is 18.9 Å². The molecular weight excluding hydrogens is 380 g/mol. The molecule has 28 heavy (non-hydrogen) atoms. The van der Waals surface area contributed by atoms with Gasteiger partial charge in [0.2, 0.25) is 5.75 Å². The summed E-state index contributed by atoms with van der Waals surface area (Å²) in [6.45, 7) is 5.85. The third-order valence-corrected chi connectivity index (χ3v) is 5.99. The van der Waals surface area contributed by atoms with Crippen molar-refractivity contribution in [2.45, 2.75) is 12.8 Å². The summed E-state index contributed by atoms with van der Waals surface area (Å²) in [7, 11) is 5.89. The van der Waals surface area contributed by atoms with E-state index in [0.717, 1.165) is 16.0 Å². The number of Topliss-reactive ketones (excluding diaryl/α,β-unsaturated/α-hetero) is 1. The van der Waals surface area contributed by atoms with Gasteiger partial charge in [0.05, 0.1) is 39.2 Å². The Morgan fingerprint density at radius 1 is 1.04 bits per heavy atom. The van der Waals surface area contributed by atoms with Gasteiger partial charge >= 0.3 is 5.97 Å². The zero-order valence-electron chi connectivity index (χ0n) is 16.5. The summed E-state index contributed by atoms with van der Waals surface area (Å²) in [6.07, 6.45) is 0. The molecule has 0 amide bonds. The van der Waals surface area contributed by atoms with Crippen molar-refractivity contribution >= 4 is 23.1 Å². The average molecular weight is 402 g/mol. The molecule has 0 bridgehead atoms. The van der Waals surface area contributed by atoms with Gasteiger partial charge in [-0.25, -0.2) is 0 Å².